The second kappa shape index (κ2) is 20.3. The second-order valence-electron chi connectivity index (χ2n) is 16.6. The molecule has 1 heterocycles. The molecule has 1 aromatic rings. The lowest BCUT2D eigenvalue weighted by atomic mass is 9.81. The fourth-order valence-electron chi connectivity index (χ4n) is 5.60. The van der Waals surface area contributed by atoms with Gasteiger partial charge in [-0.05, 0) is 5.21 Å². The molecule has 0 saturated carbocycles. The van der Waals surface area contributed by atoms with Crippen LogP contribution in [0.15, 0.2) is 0 Å². The highest BCUT2D eigenvalue weighted by Crippen LogP contribution is 2.72. The standard InChI is InChI=1S/C30F57N3/c31-4(32,7(37,38)10(43,44)13(49,50)16(55,56)19(61,62)22(67,68)25(73,74)28(79,80)81)1-2(5(33,34)8(39,40)11(45,46)14(51,52)17(57,58)20(63,64)23(69,70)26(75,76)29(82,83)84)88-90-89-3(1)6(35,36)9(41,42)12(47,48)15(53,54)18(59,60)21(65,66)24(71,72)27(77,78)30(85,86)87. The Bertz CT molecular complexity index is 2650. The van der Waals surface area contributed by atoms with Crippen molar-refractivity contribution in [3.8, 4) is 0 Å². The summed E-state index contributed by atoms with van der Waals surface area (Å²) in [4.78, 5) is 0. The van der Waals surface area contributed by atoms with Crippen molar-refractivity contribution in [1.82, 2.24) is 15.4 Å². The van der Waals surface area contributed by atoms with Crippen molar-refractivity contribution in [3.05, 3.63) is 17.0 Å². The van der Waals surface area contributed by atoms with E-state index in [1.807, 2.05) is 0 Å². The summed E-state index contributed by atoms with van der Waals surface area (Å²) >= 11 is 0. The van der Waals surface area contributed by atoms with E-state index in [0.29, 0.717) is 0 Å². The first kappa shape index (κ1) is 83.0. The van der Waals surface area contributed by atoms with Crippen molar-refractivity contribution in [2.75, 3.05) is 0 Å². The molecule has 1 aromatic heterocycles. The third-order valence-electron chi connectivity index (χ3n) is 11.0. The molecule has 3 nitrogen and oxygen atoms in total. The van der Waals surface area contributed by atoms with Gasteiger partial charge in [-0.3, -0.25) is 0 Å². The van der Waals surface area contributed by atoms with E-state index in [0.717, 1.165) is 0 Å². The zero-order chi connectivity index (χ0) is 74.4. The number of rotatable bonds is 24. The number of nitrogens with zero attached hydrogens (tertiary/aromatic N) is 3. The van der Waals surface area contributed by atoms with Crippen LogP contribution in [0.5, 0.6) is 0 Å². The van der Waals surface area contributed by atoms with Gasteiger partial charge >= 0.3 is 161 Å². The Morgan fingerprint density at radius 3 is 0.378 bits per heavy atom. The van der Waals surface area contributed by atoms with E-state index in [-0.39, 0.29) is 15.4 Å². The first-order chi connectivity index (χ1) is 37.8. The van der Waals surface area contributed by atoms with Gasteiger partial charge in [0.25, 0.3) is 0 Å². The van der Waals surface area contributed by atoms with Crippen molar-refractivity contribution < 1.29 is 250 Å². The average molecular weight is 1490 g/mol. The van der Waals surface area contributed by atoms with E-state index in [1.54, 1.807) is 0 Å². The van der Waals surface area contributed by atoms with Gasteiger partial charge in [-0.1, -0.05) is 0 Å². The predicted molar refractivity (Wildman–Crippen MR) is 154 cm³/mol. The molecule has 0 bridgehead atoms. The number of alkyl halides is 57. The molecule has 0 saturated heterocycles. The SMILES string of the molecule is FC(F)(F)C(F)(F)C(F)(F)C(F)(F)C(F)(F)C(F)(F)C(F)(F)C(F)(F)C(F)(F)c1nnnc(C(F)(F)C(F)(F)C(F)(F)C(F)(F)C(F)(F)C(F)(F)C(F)(F)C(F)(F)C(F)(F)F)c1C(F)(F)C(F)(F)C(F)(F)C(F)(F)C(F)(F)C(F)(F)C(F)(F)C(F)(F)C(F)(F)F. The van der Waals surface area contributed by atoms with Crippen molar-refractivity contribution >= 4 is 0 Å². The molecule has 1 rings (SSSR count). The number of halogens is 57. The lowest BCUT2D eigenvalue weighted by Gasteiger charge is -2.45. The molecular weight excluding hydrogens is 1490 g/mol. The van der Waals surface area contributed by atoms with Crippen LogP contribution >= 0.6 is 0 Å². The van der Waals surface area contributed by atoms with Crippen molar-refractivity contribution in [2.45, 2.75) is 161 Å². The Morgan fingerprint density at radius 1 is 0.133 bits per heavy atom. The molecule has 90 heavy (non-hydrogen) atoms. The van der Waals surface area contributed by atoms with Gasteiger partial charge < -0.3 is 0 Å². The molecule has 0 atom stereocenters. The maximum atomic E-state index is 15.7. The molecule has 0 aliphatic rings. The fraction of sp³-hybridized carbons (Fsp3) is 0.900. The topological polar surface area (TPSA) is 38.7 Å². The summed E-state index contributed by atoms with van der Waals surface area (Å²) in [7, 11) is 0. The number of hydrogen-bond acceptors (Lipinski definition) is 3. The second-order valence-corrected chi connectivity index (χ2v) is 16.6. The predicted octanol–water partition coefficient (Wildman–Crippen LogP) is 18.2. The summed E-state index contributed by atoms with van der Waals surface area (Å²) in [6.07, 6.45) is -26.4. The highest BCUT2D eigenvalue weighted by molar-refractivity contribution is 5.41. The molecule has 534 valence electrons. The Balaban J connectivity index is 5.25. The van der Waals surface area contributed by atoms with Gasteiger partial charge in [0.15, 0.2) is 11.4 Å². The van der Waals surface area contributed by atoms with Crippen LogP contribution in [-0.4, -0.2) is 158 Å². The Labute approximate surface area is 444 Å². The van der Waals surface area contributed by atoms with Crippen LogP contribution in [0.3, 0.4) is 0 Å². The van der Waals surface area contributed by atoms with E-state index in [2.05, 4.69) is 0 Å². The smallest absolute Gasteiger partial charge is 0.194 e. The van der Waals surface area contributed by atoms with Crippen LogP contribution in [-0.2, 0) is 17.8 Å². The molecule has 60 heteroatoms. The molecule has 0 amide bonds. The van der Waals surface area contributed by atoms with Crippen molar-refractivity contribution in [1.29, 1.82) is 0 Å². The minimum absolute atomic E-state index is 0.00677. The zero-order valence-electron chi connectivity index (χ0n) is 37.9. The highest BCUT2D eigenvalue weighted by Gasteiger charge is 3.01. The van der Waals surface area contributed by atoms with Crippen LogP contribution in [0.1, 0.15) is 17.0 Å². The third-order valence-corrected chi connectivity index (χ3v) is 11.0. The fourth-order valence-corrected chi connectivity index (χ4v) is 5.60. The lowest BCUT2D eigenvalue weighted by Crippen LogP contribution is -2.76. The Hall–Kier alpha value is -4.98. The van der Waals surface area contributed by atoms with Gasteiger partial charge in [0.1, 0.15) is 0 Å². The first-order valence-corrected chi connectivity index (χ1v) is 18.9. The van der Waals surface area contributed by atoms with Crippen LogP contribution in [0, 0.1) is 0 Å². The van der Waals surface area contributed by atoms with Crippen LogP contribution in [0.2, 0.25) is 0 Å². The van der Waals surface area contributed by atoms with Crippen LogP contribution in [0.4, 0.5) is 250 Å². The van der Waals surface area contributed by atoms with Gasteiger partial charge in [-0.25, -0.2) is 0 Å². The van der Waals surface area contributed by atoms with E-state index >= 15 is 52.7 Å². The van der Waals surface area contributed by atoms with Gasteiger partial charge in [-0.2, -0.15) is 250 Å². The maximum absolute atomic E-state index is 15.7. The Morgan fingerprint density at radius 2 is 0.244 bits per heavy atom. The molecule has 0 N–H and O–H groups in total. The largest absolute Gasteiger partial charge is 0.460 e. The van der Waals surface area contributed by atoms with Gasteiger partial charge in [0.05, 0.1) is 5.56 Å². The summed E-state index contributed by atoms with van der Waals surface area (Å²) < 4.78 is 800. The van der Waals surface area contributed by atoms with E-state index in [4.69, 9.17) is 0 Å². The number of hydrogen-bond donors (Lipinski definition) is 0. The van der Waals surface area contributed by atoms with E-state index in [1.165, 1.54) is 0 Å². The third kappa shape index (κ3) is 9.46. The van der Waals surface area contributed by atoms with E-state index in [9.17, 15) is 198 Å². The lowest BCUT2D eigenvalue weighted by molar-refractivity contribution is -0.471. The molecule has 0 aromatic carbocycles. The summed E-state index contributed by atoms with van der Waals surface area (Å²) in [6, 6.07) is 0. The first-order valence-electron chi connectivity index (χ1n) is 18.9. The zero-order valence-corrected chi connectivity index (χ0v) is 37.9. The van der Waals surface area contributed by atoms with Gasteiger partial charge in [0.2, 0.25) is 0 Å². The van der Waals surface area contributed by atoms with E-state index < -0.39 is 178 Å². The summed E-state index contributed by atoms with van der Waals surface area (Å²) in [5.41, 5.74) is -21.3. The molecular formula is C30F57N3. The summed E-state index contributed by atoms with van der Waals surface area (Å²) in [6.45, 7) is 0. The quantitative estimate of drug-likeness (QED) is 0.0969. The van der Waals surface area contributed by atoms with Crippen LogP contribution in [0.25, 0.3) is 0 Å². The Kier molecular flexibility index (Phi) is 18.7. The van der Waals surface area contributed by atoms with Gasteiger partial charge in [-0.15, -0.1) is 10.2 Å². The molecule has 0 aliphatic carbocycles. The monoisotopic (exact) mass is 1480 g/mol. The maximum Gasteiger partial charge on any atom is 0.460 e. The minimum atomic E-state index is -11.0. The molecule has 0 fully saturated rings. The molecule has 0 radical (unpaired) electrons. The summed E-state index contributed by atoms with van der Waals surface area (Å²) in [5, 5.41) is 0.183. The van der Waals surface area contributed by atoms with Crippen molar-refractivity contribution in [3.63, 3.8) is 0 Å². The average Bonchev–Trinajstić information content (AvgIpc) is 3.31. The van der Waals surface area contributed by atoms with Gasteiger partial charge in [0, 0.05) is 0 Å². The van der Waals surface area contributed by atoms with Crippen LogP contribution < -0.4 is 0 Å². The normalized spacial score (nSPS) is 17.2. The van der Waals surface area contributed by atoms with Crippen molar-refractivity contribution in [2.24, 2.45) is 0 Å². The highest BCUT2D eigenvalue weighted by atomic mass is 19.5. The molecule has 0 unspecified atom stereocenters. The molecule has 0 aliphatic heterocycles. The number of aromatic nitrogens is 3. The minimum Gasteiger partial charge on any atom is -0.194 e. The molecule has 0 spiro atoms. The summed E-state index contributed by atoms with van der Waals surface area (Å²) in [5.74, 6) is -249.